The van der Waals surface area contributed by atoms with E-state index in [1.54, 1.807) is 9.80 Å². The number of amides is 2. The molecule has 0 fully saturated rings. The number of unbranched alkanes of at least 4 members (excludes halogenated alkanes) is 14. The third kappa shape index (κ3) is 20.5. The van der Waals surface area contributed by atoms with E-state index in [1.165, 1.54) is 77.0 Å². The Morgan fingerprint density at radius 1 is 0.469 bits per heavy atom. The minimum Gasteiger partial charge on any atom is -0.344 e. The van der Waals surface area contributed by atoms with Gasteiger partial charge < -0.3 is 9.80 Å². The molecule has 0 unspecified atom stereocenters. The minimum atomic E-state index is 0.208. The van der Waals surface area contributed by atoms with Crippen molar-refractivity contribution in [1.82, 2.24) is 9.80 Å². The van der Waals surface area contributed by atoms with E-state index in [-0.39, 0.29) is 11.8 Å². The first kappa shape index (κ1) is 31.9. The second kappa shape index (κ2) is 24.0. The van der Waals surface area contributed by atoms with Crippen molar-refractivity contribution in [3.8, 4) is 0 Å². The van der Waals surface area contributed by atoms with E-state index in [9.17, 15) is 9.59 Å². The van der Waals surface area contributed by atoms with Crippen LogP contribution in [0, 0.1) is 0 Å². The van der Waals surface area contributed by atoms with Crippen molar-refractivity contribution >= 4 is 43.7 Å². The molecule has 0 aromatic rings. The Hall–Kier alpha value is -0.100. The van der Waals surface area contributed by atoms with E-state index < -0.39 is 0 Å². The Morgan fingerprint density at radius 3 is 1.00 bits per heavy atom. The van der Waals surface area contributed by atoms with E-state index in [0.29, 0.717) is 25.9 Å². The van der Waals surface area contributed by atoms with Crippen LogP contribution in [0.15, 0.2) is 0 Å². The van der Waals surface area contributed by atoms with Gasteiger partial charge in [-0.2, -0.15) is 0 Å². The van der Waals surface area contributed by atoms with Crippen molar-refractivity contribution < 1.29 is 9.59 Å². The van der Waals surface area contributed by atoms with Gasteiger partial charge in [0.1, 0.15) is 0 Å². The number of carbonyl (C=O) groups excluding carboxylic acids is 2. The van der Waals surface area contributed by atoms with Gasteiger partial charge in [-0.05, 0) is 25.7 Å². The van der Waals surface area contributed by atoms with Crippen molar-refractivity contribution in [1.29, 1.82) is 0 Å². The summed E-state index contributed by atoms with van der Waals surface area (Å²) >= 11 is 6.94. The highest BCUT2D eigenvalue weighted by Crippen LogP contribution is 2.12. The molecule has 0 radical (unpaired) electrons. The maximum atomic E-state index is 12.3. The molecule has 0 heterocycles. The topological polar surface area (TPSA) is 40.6 Å². The summed E-state index contributed by atoms with van der Waals surface area (Å²) in [5.74, 6) is 0.415. The fraction of sp³-hybridized carbons (Fsp3) is 0.923. The molecule has 0 spiro atoms. The molecule has 6 heteroatoms. The predicted octanol–water partition coefficient (Wildman–Crippen LogP) is 7.71. The summed E-state index contributed by atoms with van der Waals surface area (Å²) in [4.78, 5) is 28.2. The monoisotopic (exact) mass is 580 g/mol. The van der Waals surface area contributed by atoms with Gasteiger partial charge in [-0.1, -0.05) is 109 Å². The Morgan fingerprint density at radius 2 is 0.719 bits per heavy atom. The van der Waals surface area contributed by atoms with Crippen LogP contribution in [0.3, 0.4) is 0 Å². The van der Waals surface area contributed by atoms with Crippen molar-refractivity contribution in [2.45, 2.75) is 116 Å². The zero-order valence-electron chi connectivity index (χ0n) is 21.0. The average Bonchev–Trinajstić information content (AvgIpc) is 2.79. The first-order valence-corrected chi connectivity index (χ1v) is 15.4. The largest absolute Gasteiger partial charge is 0.344 e. The van der Waals surface area contributed by atoms with Crippen molar-refractivity contribution in [2.75, 3.05) is 37.8 Å². The van der Waals surface area contributed by atoms with Crippen LogP contribution in [-0.2, 0) is 9.59 Å². The zero-order valence-corrected chi connectivity index (χ0v) is 24.2. The molecule has 0 saturated heterocycles. The molecular formula is C26H50Br2N2O2. The van der Waals surface area contributed by atoms with E-state index in [0.717, 1.165) is 36.3 Å². The third-order valence-corrected chi connectivity index (χ3v) is 7.29. The summed E-state index contributed by atoms with van der Waals surface area (Å²) in [6.45, 7) is 1.26. The Labute approximate surface area is 215 Å². The van der Waals surface area contributed by atoms with Gasteiger partial charge in [0.25, 0.3) is 0 Å². The molecule has 0 saturated carbocycles. The van der Waals surface area contributed by atoms with Gasteiger partial charge in [0.15, 0.2) is 0 Å². The first-order chi connectivity index (χ1) is 15.5. The Balaban J connectivity index is 3.63. The van der Waals surface area contributed by atoms with Gasteiger partial charge in [-0.15, -0.1) is 0 Å². The molecule has 32 heavy (non-hydrogen) atoms. The maximum Gasteiger partial charge on any atom is 0.222 e. The van der Waals surface area contributed by atoms with Crippen LogP contribution in [0.4, 0.5) is 0 Å². The number of likely N-dealkylation sites (N-methyl/N-ethyl adjacent to an activating group) is 2. The highest BCUT2D eigenvalue weighted by atomic mass is 79.9. The molecular weight excluding hydrogens is 532 g/mol. The zero-order chi connectivity index (χ0) is 23.9. The smallest absolute Gasteiger partial charge is 0.222 e. The lowest BCUT2D eigenvalue weighted by atomic mass is 10.1. The molecule has 0 aromatic heterocycles. The van der Waals surface area contributed by atoms with Crippen LogP contribution in [0.5, 0.6) is 0 Å². The molecule has 0 bridgehead atoms. The second-order valence-corrected chi connectivity index (χ2v) is 10.8. The van der Waals surface area contributed by atoms with Gasteiger partial charge in [0, 0.05) is 50.7 Å². The minimum absolute atomic E-state index is 0.208. The van der Waals surface area contributed by atoms with Gasteiger partial charge in [-0.25, -0.2) is 0 Å². The van der Waals surface area contributed by atoms with Crippen LogP contribution in [0.25, 0.3) is 0 Å². The van der Waals surface area contributed by atoms with Gasteiger partial charge >= 0.3 is 0 Å². The number of hydrogen-bond acceptors (Lipinski definition) is 2. The average molecular weight is 583 g/mol. The predicted molar refractivity (Wildman–Crippen MR) is 146 cm³/mol. The summed E-state index contributed by atoms with van der Waals surface area (Å²) in [5, 5.41) is 2.23. The van der Waals surface area contributed by atoms with Gasteiger partial charge in [-0.3, -0.25) is 9.59 Å². The summed E-state index contributed by atoms with van der Waals surface area (Å²) in [5.41, 5.74) is 0. The first-order valence-electron chi connectivity index (χ1n) is 13.1. The summed E-state index contributed by atoms with van der Waals surface area (Å²) in [7, 11) is 3.73. The van der Waals surface area contributed by atoms with Crippen molar-refractivity contribution in [3.63, 3.8) is 0 Å². The number of carbonyl (C=O) groups is 2. The summed E-state index contributed by atoms with van der Waals surface area (Å²) < 4.78 is 0. The quantitative estimate of drug-likeness (QED) is 0.0915. The van der Waals surface area contributed by atoms with Crippen molar-refractivity contribution in [3.05, 3.63) is 0 Å². The fourth-order valence-corrected chi connectivity index (χ4v) is 4.59. The molecule has 0 aliphatic heterocycles. The normalized spacial score (nSPS) is 11.0. The van der Waals surface area contributed by atoms with E-state index in [2.05, 4.69) is 31.9 Å². The SMILES string of the molecule is CN(CCN(C)C(=O)CCCCCCCCCCBr)C(=O)CCCCCCCCCCBr. The molecule has 0 atom stereocenters. The van der Waals surface area contributed by atoms with E-state index >= 15 is 0 Å². The molecule has 0 aliphatic rings. The van der Waals surface area contributed by atoms with Crippen LogP contribution in [0.2, 0.25) is 0 Å². The highest BCUT2D eigenvalue weighted by Gasteiger charge is 2.12. The lowest BCUT2D eigenvalue weighted by Gasteiger charge is -2.22. The van der Waals surface area contributed by atoms with E-state index in [1.807, 2.05) is 14.1 Å². The number of nitrogens with zero attached hydrogens (tertiary/aromatic N) is 2. The van der Waals surface area contributed by atoms with Gasteiger partial charge in [0.2, 0.25) is 11.8 Å². The number of hydrogen-bond donors (Lipinski definition) is 0. The molecule has 0 aromatic carbocycles. The van der Waals surface area contributed by atoms with Crippen LogP contribution >= 0.6 is 31.9 Å². The molecule has 2 amide bonds. The fourth-order valence-electron chi connectivity index (χ4n) is 3.79. The van der Waals surface area contributed by atoms with Gasteiger partial charge in [0.05, 0.1) is 0 Å². The maximum absolute atomic E-state index is 12.3. The van der Waals surface area contributed by atoms with E-state index in [4.69, 9.17) is 0 Å². The molecule has 190 valence electrons. The highest BCUT2D eigenvalue weighted by molar-refractivity contribution is 9.09. The lowest BCUT2D eigenvalue weighted by Crippen LogP contribution is -2.37. The molecule has 4 nitrogen and oxygen atoms in total. The second-order valence-electron chi connectivity index (χ2n) is 9.17. The van der Waals surface area contributed by atoms with Crippen LogP contribution in [-0.4, -0.2) is 59.5 Å². The standard InChI is InChI=1S/C26H50Br2N2O2/c1-29(25(31)19-15-11-7-3-5-9-13-17-21-27)23-24-30(2)26(32)20-16-12-8-4-6-10-14-18-22-28/h3-24H2,1-2H3. The third-order valence-electron chi connectivity index (χ3n) is 6.17. The van der Waals surface area contributed by atoms with Crippen LogP contribution in [0.1, 0.15) is 116 Å². The number of rotatable bonds is 23. The van der Waals surface area contributed by atoms with Crippen molar-refractivity contribution in [2.24, 2.45) is 0 Å². The summed E-state index contributed by atoms with van der Waals surface area (Å²) in [6.07, 6.45) is 21.1. The number of halogens is 2. The lowest BCUT2D eigenvalue weighted by molar-refractivity contribution is -0.133. The molecule has 0 N–H and O–H groups in total. The van der Waals surface area contributed by atoms with Crippen LogP contribution < -0.4 is 0 Å². The molecule has 0 rings (SSSR count). The Kier molecular flexibility index (Phi) is 24.0. The number of alkyl halides is 2. The summed E-state index contributed by atoms with van der Waals surface area (Å²) in [6, 6.07) is 0. The molecule has 0 aliphatic carbocycles. The Bertz CT molecular complexity index is 410.